The van der Waals surface area contributed by atoms with Crippen molar-refractivity contribution in [2.24, 2.45) is 0 Å². The first-order valence-corrected chi connectivity index (χ1v) is 7.40. The van der Waals surface area contributed by atoms with Crippen LogP contribution in [-0.2, 0) is 19.5 Å². The van der Waals surface area contributed by atoms with Crippen LogP contribution in [-0.4, -0.2) is 28.5 Å². The Hall–Kier alpha value is -1.53. The highest BCUT2D eigenvalue weighted by atomic mass is 79.9. The molecule has 20 heavy (non-hydrogen) atoms. The van der Waals surface area contributed by atoms with Crippen LogP contribution >= 0.6 is 15.9 Å². The Morgan fingerprint density at radius 1 is 1.35 bits per heavy atom. The topological polar surface area (TPSA) is 53.9 Å². The quantitative estimate of drug-likeness (QED) is 0.869. The molecule has 0 unspecified atom stereocenters. The van der Waals surface area contributed by atoms with Gasteiger partial charge in [-0.15, -0.1) is 0 Å². The minimum atomic E-state index is 0.654. The third kappa shape index (κ3) is 2.81. The zero-order valence-corrected chi connectivity index (χ0v) is 12.9. The van der Waals surface area contributed by atoms with E-state index < -0.39 is 0 Å². The van der Waals surface area contributed by atoms with E-state index in [-0.39, 0.29) is 0 Å². The van der Waals surface area contributed by atoms with Gasteiger partial charge in [0.1, 0.15) is 5.82 Å². The maximum absolute atomic E-state index is 4.55. The lowest BCUT2D eigenvalue weighted by molar-refractivity contribution is 0.620. The Morgan fingerprint density at radius 2 is 2.25 bits per heavy atom. The van der Waals surface area contributed by atoms with Gasteiger partial charge in [0.15, 0.2) is 4.73 Å². The van der Waals surface area contributed by atoms with Crippen LogP contribution in [0, 0.1) is 0 Å². The Bertz CT molecular complexity index is 602. The lowest BCUT2D eigenvalue weighted by Gasteiger charge is -2.25. The van der Waals surface area contributed by atoms with Gasteiger partial charge in [0, 0.05) is 38.3 Å². The summed E-state index contributed by atoms with van der Waals surface area (Å²) in [5.41, 5.74) is 3.36. The maximum Gasteiger partial charge on any atom is 0.198 e. The van der Waals surface area contributed by atoms with Crippen LogP contribution in [0.4, 0.5) is 5.82 Å². The SMILES string of the molecule is CN(Cc1ccccn1)c1nc(Br)nc2c1CNCC2. The monoisotopic (exact) mass is 333 g/mol. The van der Waals surface area contributed by atoms with Gasteiger partial charge in [-0.25, -0.2) is 9.97 Å². The molecule has 0 aliphatic carbocycles. The average molecular weight is 334 g/mol. The Kier molecular flexibility index (Phi) is 3.93. The first-order chi connectivity index (χ1) is 9.74. The van der Waals surface area contributed by atoms with Gasteiger partial charge in [-0.3, -0.25) is 4.98 Å². The fourth-order valence-corrected chi connectivity index (χ4v) is 2.80. The van der Waals surface area contributed by atoms with Crippen molar-refractivity contribution < 1.29 is 0 Å². The molecule has 5 nitrogen and oxygen atoms in total. The van der Waals surface area contributed by atoms with E-state index in [2.05, 4.69) is 41.1 Å². The van der Waals surface area contributed by atoms with Gasteiger partial charge in [0.2, 0.25) is 0 Å². The molecule has 1 aliphatic rings. The molecule has 0 fully saturated rings. The molecular formula is C14H16BrN5. The van der Waals surface area contributed by atoms with Gasteiger partial charge in [0.25, 0.3) is 0 Å². The summed E-state index contributed by atoms with van der Waals surface area (Å²) in [7, 11) is 2.04. The highest BCUT2D eigenvalue weighted by Gasteiger charge is 2.19. The molecule has 3 rings (SSSR count). The number of nitrogens with one attached hydrogen (secondary N) is 1. The van der Waals surface area contributed by atoms with Crippen molar-refractivity contribution in [2.45, 2.75) is 19.5 Å². The van der Waals surface area contributed by atoms with E-state index >= 15 is 0 Å². The summed E-state index contributed by atoms with van der Waals surface area (Å²) in [4.78, 5) is 15.5. The molecular weight excluding hydrogens is 318 g/mol. The van der Waals surface area contributed by atoms with Crippen molar-refractivity contribution in [1.29, 1.82) is 0 Å². The van der Waals surface area contributed by atoms with Crippen LogP contribution in [0.2, 0.25) is 0 Å². The first-order valence-electron chi connectivity index (χ1n) is 6.61. The third-order valence-corrected chi connectivity index (χ3v) is 3.73. The molecule has 2 aromatic heterocycles. The normalized spacial score (nSPS) is 13.9. The highest BCUT2D eigenvalue weighted by molar-refractivity contribution is 9.10. The molecule has 1 N–H and O–H groups in total. The van der Waals surface area contributed by atoms with Crippen LogP contribution in [0.5, 0.6) is 0 Å². The van der Waals surface area contributed by atoms with Crippen molar-refractivity contribution in [2.75, 3.05) is 18.5 Å². The second-order valence-electron chi connectivity index (χ2n) is 4.85. The molecule has 0 saturated carbocycles. The molecule has 3 heterocycles. The van der Waals surface area contributed by atoms with Crippen LogP contribution < -0.4 is 10.2 Å². The second-order valence-corrected chi connectivity index (χ2v) is 5.55. The standard InChI is InChI=1S/C14H16BrN5/c1-20(9-10-4-2-3-6-17-10)13-11-8-16-7-5-12(11)18-14(15)19-13/h2-4,6,16H,5,7-9H2,1H3. The molecule has 0 spiro atoms. The van der Waals surface area contributed by atoms with Crippen molar-refractivity contribution in [3.63, 3.8) is 0 Å². The van der Waals surface area contributed by atoms with E-state index in [1.165, 1.54) is 5.56 Å². The molecule has 6 heteroatoms. The summed E-state index contributed by atoms with van der Waals surface area (Å²) in [5.74, 6) is 0.972. The fourth-order valence-electron chi connectivity index (χ4n) is 2.42. The largest absolute Gasteiger partial charge is 0.353 e. The Morgan fingerprint density at radius 3 is 3.05 bits per heavy atom. The van der Waals surface area contributed by atoms with E-state index in [4.69, 9.17) is 0 Å². The minimum Gasteiger partial charge on any atom is -0.353 e. The number of anilines is 1. The van der Waals surface area contributed by atoms with Crippen LogP contribution in [0.15, 0.2) is 29.1 Å². The number of hydrogen-bond donors (Lipinski definition) is 1. The number of fused-ring (bicyclic) bond motifs is 1. The molecule has 1 aliphatic heterocycles. The zero-order valence-electron chi connectivity index (χ0n) is 11.3. The summed E-state index contributed by atoms with van der Waals surface area (Å²) in [6.45, 7) is 2.53. The van der Waals surface area contributed by atoms with Gasteiger partial charge in [-0.2, -0.15) is 0 Å². The predicted octanol–water partition coefficient (Wildman–Crippen LogP) is 1.92. The molecule has 0 atom stereocenters. The summed E-state index contributed by atoms with van der Waals surface area (Å²) < 4.78 is 0.654. The zero-order chi connectivity index (χ0) is 13.9. The summed E-state index contributed by atoms with van der Waals surface area (Å²) in [5, 5.41) is 3.38. The van der Waals surface area contributed by atoms with Crippen molar-refractivity contribution in [3.05, 3.63) is 46.1 Å². The van der Waals surface area contributed by atoms with E-state index in [0.717, 1.165) is 43.3 Å². The predicted molar refractivity (Wildman–Crippen MR) is 81.5 cm³/mol. The molecule has 0 saturated heterocycles. The van der Waals surface area contributed by atoms with Crippen LogP contribution in [0.25, 0.3) is 0 Å². The van der Waals surface area contributed by atoms with Gasteiger partial charge in [-0.05, 0) is 28.1 Å². The third-order valence-electron chi connectivity index (χ3n) is 3.37. The van der Waals surface area contributed by atoms with Crippen molar-refractivity contribution in [3.8, 4) is 0 Å². The summed E-state index contributed by atoms with van der Waals surface area (Å²) >= 11 is 3.41. The van der Waals surface area contributed by atoms with Gasteiger partial charge < -0.3 is 10.2 Å². The van der Waals surface area contributed by atoms with Crippen molar-refractivity contribution in [1.82, 2.24) is 20.3 Å². The number of halogens is 1. The van der Waals surface area contributed by atoms with Gasteiger partial charge in [0.05, 0.1) is 17.9 Å². The van der Waals surface area contributed by atoms with Crippen molar-refractivity contribution >= 4 is 21.7 Å². The minimum absolute atomic E-state index is 0.654. The molecule has 104 valence electrons. The summed E-state index contributed by atoms with van der Waals surface area (Å²) in [6, 6.07) is 5.96. The van der Waals surface area contributed by atoms with Gasteiger partial charge in [-0.1, -0.05) is 6.07 Å². The van der Waals surface area contributed by atoms with Gasteiger partial charge >= 0.3 is 0 Å². The number of rotatable bonds is 3. The smallest absolute Gasteiger partial charge is 0.198 e. The fraction of sp³-hybridized carbons (Fsp3) is 0.357. The molecule has 0 radical (unpaired) electrons. The van der Waals surface area contributed by atoms with E-state index in [9.17, 15) is 0 Å². The molecule has 0 aromatic carbocycles. The van der Waals surface area contributed by atoms with E-state index in [1.807, 2.05) is 31.4 Å². The molecule has 0 amide bonds. The second kappa shape index (κ2) is 5.85. The molecule has 0 bridgehead atoms. The number of pyridine rings is 1. The maximum atomic E-state index is 4.55. The number of aromatic nitrogens is 3. The Labute approximate surface area is 126 Å². The van der Waals surface area contributed by atoms with E-state index in [1.54, 1.807) is 0 Å². The van der Waals surface area contributed by atoms with Crippen LogP contribution in [0.1, 0.15) is 17.0 Å². The summed E-state index contributed by atoms with van der Waals surface area (Å²) in [6.07, 6.45) is 2.76. The van der Waals surface area contributed by atoms with E-state index in [0.29, 0.717) is 4.73 Å². The number of nitrogens with zero attached hydrogens (tertiary/aromatic N) is 4. The lowest BCUT2D eigenvalue weighted by atomic mass is 10.1. The first kappa shape index (κ1) is 13.5. The Balaban J connectivity index is 1.91. The average Bonchev–Trinajstić information content (AvgIpc) is 2.47. The molecule has 2 aromatic rings. The number of hydrogen-bond acceptors (Lipinski definition) is 5. The van der Waals surface area contributed by atoms with Crippen LogP contribution in [0.3, 0.4) is 0 Å². The lowest BCUT2D eigenvalue weighted by Crippen LogP contribution is -2.29. The highest BCUT2D eigenvalue weighted by Crippen LogP contribution is 2.25.